The maximum absolute atomic E-state index is 12.7. The van der Waals surface area contributed by atoms with Crippen LogP contribution in [0, 0.1) is 0 Å². The molecule has 1 aromatic carbocycles. The van der Waals surface area contributed by atoms with Crippen molar-refractivity contribution in [3.8, 4) is 0 Å². The highest BCUT2D eigenvalue weighted by Gasteiger charge is 2.30. The summed E-state index contributed by atoms with van der Waals surface area (Å²) in [6, 6.07) is 7.98. The Labute approximate surface area is 170 Å². The summed E-state index contributed by atoms with van der Waals surface area (Å²) in [5, 5.41) is 0. The monoisotopic (exact) mass is 435 g/mol. The number of carbonyl (C=O) groups is 2. The van der Waals surface area contributed by atoms with Crippen molar-refractivity contribution in [3.05, 3.63) is 34.3 Å². The van der Waals surface area contributed by atoms with Gasteiger partial charge < -0.3 is 9.80 Å². The molecule has 0 aliphatic carbocycles. The van der Waals surface area contributed by atoms with E-state index >= 15 is 0 Å². The van der Waals surface area contributed by atoms with Crippen LogP contribution < -0.4 is 0 Å². The van der Waals surface area contributed by atoms with Crippen LogP contribution in [0.4, 0.5) is 0 Å². The summed E-state index contributed by atoms with van der Waals surface area (Å²) in [5.41, 5.74) is 1.17. The lowest BCUT2D eigenvalue weighted by Gasteiger charge is -2.39. The fourth-order valence-electron chi connectivity index (χ4n) is 3.99. The molecule has 2 aliphatic heterocycles. The van der Waals surface area contributed by atoms with Gasteiger partial charge in [0.25, 0.3) is 0 Å². The molecule has 3 rings (SSSR count). The SMILES string of the molecule is CC(C(=O)N1CCCCC1)N1CCN(C(=O)CCc2ccccc2Br)CC1. The smallest absolute Gasteiger partial charge is 0.239 e. The molecule has 0 saturated carbocycles. The molecule has 148 valence electrons. The number of rotatable bonds is 5. The zero-order valence-electron chi connectivity index (χ0n) is 16.2. The molecule has 0 aromatic heterocycles. The average Bonchev–Trinajstić information content (AvgIpc) is 2.72. The predicted octanol–water partition coefficient (Wildman–Crippen LogP) is 2.93. The molecule has 1 unspecified atom stereocenters. The highest BCUT2D eigenvalue weighted by molar-refractivity contribution is 9.10. The zero-order chi connectivity index (χ0) is 19.2. The van der Waals surface area contributed by atoms with Gasteiger partial charge in [0, 0.05) is 50.2 Å². The summed E-state index contributed by atoms with van der Waals surface area (Å²) >= 11 is 3.54. The molecule has 2 fully saturated rings. The summed E-state index contributed by atoms with van der Waals surface area (Å²) < 4.78 is 1.06. The van der Waals surface area contributed by atoms with Gasteiger partial charge in [-0.15, -0.1) is 0 Å². The Balaban J connectivity index is 1.44. The number of halogens is 1. The van der Waals surface area contributed by atoms with Crippen molar-refractivity contribution in [3.63, 3.8) is 0 Å². The Morgan fingerprint density at radius 3 is 2.30 bits per heavy atom. The van der Waals surface area contributed by atoms with Crippen molar-refractivity contribution in [2.24, 2.45) is 0 Å². The van der Waals surface area contributed by atoms with E-state index in [1.165, 1.54) is 12.0 Å². The van der Waals surface area contributed by atoms with E-state index in [9.17, 15) is 9.59 Å². The average molecular weight is 436 g/mol. The number of piperidine rings is 1. The van der Waals surface area contributed by atoms with Crippen LogP contribution in [0.2, 0.25) is 0 Å². The van der Waals surface area contributed by atoms with Crippen LogP contribution in [0.1, 0.15) is 38.2 Å². The second-order valence-corrected chi connectivity index (χ2v) is 8.42. The fourth-order valence-corrected chi connectivity index (χ4v) is 4.48. The van der Waals surface area contributed by atoms with Gasteiger partial charge in [-0.2, -0.15) is 0 Å². The summed E-state index contributed by atoms with van der Waals surface area (Å²) in [4.78, 5) is 31.5. The minimum atomic E-state index is -0.0828. The number of hydrogen-bond donors (Lipinski definition) is 0. The highest BCUT2D eigenvalue weighted by Crippen LogP contribution is 2.19. The Hall–Kier alpha value is -1.40. The van der Waals surface area contributed by atoms with E-state index < -0.39 is 0 Å². The van der Waals surface area contributed by atoms with Gasteiger partial charge in [0.05, 0.1) is 6.04 Å². The number of carbonyl (C=O) groups excluding carboxylic acids is 2. The van der Waals surface area contributed by atoms with E-state index in [0.29, 0.717) is 19.5 Å². The minimum Gasteiger partial charge on any atom is -0.341 e. The van der Waals surface area contributed by atoms with E-state index in [1.807, 2.05) is 34.9 Å². The molecule has 27 heavy (non-hydrogen) atoms. The first-order valence-corrected chi connectivity index (χ1v) is 10.9. The number of benzene rings is 1. The molecule has 2 heterocycles. The van der Waals surface area contributed by atoms with Crippen molar-refractivity contribution in [1.82, 2.24) is 14.7 Å². The third-order valence-corrected chi connectivity index (χ3v) is 6.58. The van der Waals surface area contributed by atoms with Gasteiger partial charge in [0.15, 0.2) is 0 Å². The normalized spacial score (nSPS) is 19.8. The number of hydrogen-bond acceptors (Lipinski definition) is 3. The van der Waals surface area contributed by atoms with E-state index in [-0.39, 0.29) is 17.9 Å². The fraction of sp³-hybridized carbons (Fsp3) is 0.619. The molecule has 5 nitrogen and oxygen atoms in total. The van der Waals surface area contributed by atoms with Crippen LogP contribution in [-0.4, -0.2) is 71.8 Å². The number of piperazine rings is 1. The molecule has 0 bridgehead atoms. The van der Waals surface area contributed by atoms with Crippen molar-refractivity contribution in [2.45, 2.75) is 45.1 Å². The van der Waals surface area contributed by atoms with Crippen molar-refractivity contribution in [1.29, 1.82) is 0 Å². The van der Waals surface area contributed by atoms with Gasteiger partial charge in [-0.3, -0.25) is 14.5 Å². The predicted molar refractivity (Wildman–Crippen MR) is 111 cm³/mol. The maximum atomic E-state index is 12.7. The van der Waals surface area contributed by atoms with Gasteiger partial charge in [-0.05, 0) is 44.2 Å². The van der Waals surface area contributed by atoms with Crippen molar-refractivity contribution in [2.75, 3.05) is 39.3 Å². The van der Waals surface area contributed by atoms with E-state index in [1.54, 1.807) is 0 Å². The Kier molecular flexibility index (Phi) is 7.30. The number of nitrogens with zero attached hydrogens (tertiary/aromatic N) is 3. The lowest BCUT2D eigenvalue weighted by Crippen LogP contribution is -2.56. The van der Waals surface area contributed by atoms with Crippen LogP contribution in [0.5, 0.6) is 0 Å². The molecule has 0 spiro atoms. The molecule has 2 saturated heterocycles. The van der Waals surface area contributed by atoms with Crippen LogP contribution in [0.15, 0.2) is 28.7 Å². The molecule has 1 aromatic rings. The van der Waals surface area contributed by atoms with Crippen LogP contribution in [0.3, 0.4) is 0 Å². The molecular weight excluding hydrogens is 406 g/mol. The van der Waals surface area contributed by atoms with Gasteiger partial charge in [-0.1, -0.05) is 34.1 Å². The number of likely N-dealkylation sites (tertiary alicyclic amines) is 1. The summed E-state index contributed by atoms with van der Waals surface area (Å²) in [6.45, 7) is 6.80. The maximum Gasteiger partial charge on any atom is 0.239 e. The van der Waals surface area contributed by atoms with Gasteiger partial charge in [0.2, 0.25) is 11.8 Å². The van der Waals surface area contributed by atoms with Gasteiger partial charge in [0.1, 0.15) is 0 Å². The molecule has 1 atom stereocenters. The lowest BCUT2D eigenvalue weighted by molar-refractivity contribution is -0.139. The van der Waals surface area contributed by atoms with Crippen LogP contribution in [-0.2, 0) is 16.0 Å². The molecule has 2 amide bonds. The van der Waals surface area contributed by atoms with E-state index in [4.69, 9.17) is 0 Å². The zero-order valence-corrected chi connectivity index (χ0v) is 17.8. The summed E-state index contributed by atoms with van der Waals surface area (Å²) in [5.74, 6) is 0.462. The highest BCUT2D eigenvalue weighted by atomic mass is 79.9. The molecule has 2 aliphatic rings. The Morgan fingerprint density at radius 2 is 1.63 bits per heavy atom. The Bertz CT molecular complexity index is 653. The first-order chi connectivity index (χ1) is 13.1. The first-order valence-electron chi connectivity index (χ1n) is 10.1. The van der Waals surface area contributed by atoms with Crippen LogP contribution >= 0.6 is 15.9 Å². The van der Waals surface area contributed by atoms with Gasteiger partial charge >= 0.3 is 0 Å². The quantitative estimate of drug-likeness (QED) is 0.713. The second-order valence-electron chi connectivity index (χ2n) is 7.57. The number of aryl methyl sites for hydroxylation is 1. The molecule has 0 radical (unpaired) electrons. The third kappa shape index (κ3) is 5.32. The number of amides is 2. The lowest BCUT2D eigenvalue weighted by atomic mass is 10.1. The van der Waals surface area contributed by atoms with Crippen LogP contribution in [0.25, 0.3) is 0 Å². The Morgan fingerprint density at radius 1 is 0.963 bits per heavy atom. The third-order valence-electron chi connectivity index (χ3n) is 5.81. The standard InChI is InChI=1S/C21H30BrN3O2/c1-17(21(27)25-11-5-2-6-12-25)23-13-15-24(16-14-23)20(26)10-9-18-7-3-4-8-19(18)22/h3-4,7-8,17H,2,5-6,9-16H2,1H3. The summed E-state index contributed by atoms with van der Waals surface area (Å²) in [7, 11) is 0. The second kappa shape index (κ2) is 9.69. The van der Waals surface area contributed by atoms with E-state index in [0.717, 1.165) is 49.9 Å². The van der Waals surface area contributed by atoms with E-state index in [2.05, 4.69) is 26.9 Å². The van der Waals surface area contributed by atoms with Gasteiger partial charge in [-0.25, -0.2) is 0 Å². The molecular formula is C21H30BrN3O2. The molecule has 6 heteroatoms. The summed E-state index contributed by atoms with van der Waals surface area (Å²) in [6.07, 6.45) is 4.77. The molecule has 0 N–H and O–H groups in total. The van der Waals surface area contributed by atoms with Crippen molar-refractivity contribution >= 4 is 27.7 Å². The topological polar surface area (TPSA) is 43.9 Å². The minimum absolute atomic E-state index is 0.0828. The van der Waals surface area contributed by atoms with Crippen molar-refractivity contribution < 1.29 is 9.59 Å². The first kappa shape index (κ1) is 20.3. The largest absolute Gasteiger partial charge is 0.341 e.